The van der Waals surface area contributed by atoms with Gasteiger partial charge in [-0.25, -0.2) is 4.39 Å². The summed E-state index contributed by atoms with van der Waals surface area (Å²) in [6.45, 7) is 4.27. The summed E-state index contributed by atoms with van der Waals surface area (Å²) >= 11 is 0. The molecule has 0 saturated carbocycles. The number of aromatic hydroxyl groups is 1. The van der Waals surface area contributed by atoms with Crippen LogP contribution in [0.25, 0.3) is 0 Å². The Kier molecular flexibility index (Phi) is 6.63. The molecule has 2 nitrogen and oxygen atoms in total. The van der Waals surface area contributed by atoms with Crippen molar-refractivity contribution in [2.24, 2.45) is 0 Å². The zero-order chi connectivity index (χ0) is 12.5. The van der Waals surface area contributed by atoms with Gasteiger partial charge in [0.2, 0.25) is 0 Å². The number of benzene rings is 1. The van der Waals surface area contributed by atoms with E-state index in [-0.39, 0.29) is 11.6 Å². The molecule has 3 heteroatoms. The number of aryl methyl sites for hydroxylation is 1. The Hall–Kier alpha value is -1.09. The third-order valence-corrected chi connectivity index (χ3v) is 2.77. The normalized spacial score (nSPS) is 10.7. The first kappa shape index (κ1) is 14.0. The summed E-state index contributed by atoms with van der Waals surface area (Å²) in [5.74, 6) is -0.0714. The molecule has 0 aliphatic carbocycles. The maximum Gasteiger partial charge on any atom is 0.123 e. The van der Waals surface area contributed by atoms with Crippen LogP contribution in [-0.2, 0) is 6.42 Å². The first-order valence-electron chi connectivity index (χ1n) is 6.42. The molecule has 0 radical (unpaired) electrons. The van der Waals surface area contributed by atoms with E-state index >= 15 is 0 Å². The minimum absolute atomic E-state index is 0.204. The predicted octanol–water partition coefficient (Wildman–Crippen LogP) is 3.24. The van der Waals surface area contributed by atoms with E-state index in [0.717, 1.165) is 45.2 Å². The lowest BCUT2D eigenvalue weighted by Gasteiger charge is -2.05. The monoisotopic (exact) mass is 239 g/mol. The highest BCUT2D eigenvalue weighted by Crippen LogP contribution is 2.20. The SMILES string of the molecule is CCCNCCCCCc1cc(F)ccc1O. The first-order valence-corrected chi connectivity index (χ1v) is 6.42. The number of rotatable bonds is 8. The van der Waals surface area contributed by atoms with Crippen LogP contribution in [0.2, 0.25) is 0 Å². The summed E-state index contributed by atoms with van der Waals surface area (Å²) in [5.41, 5.74) is 0.714. The van der Waals surface area contributed by atoms with Gasteiger partial charge in [0.25, 0.3) is 0 Å². The Morgan fingerprint density at radius 3 is 2.76 bits per heavy atom. The molecule has 0 saturated heterocycles. The lowest BCUT2D eigenvalue weighted by Crippen LogP contribution is -2.15. The molecule has 0 unspecified atom stereocenters. The third kappa shape index (κ3) is 5.68. The standard InChI is InChI=1S/C14H22FNO/c1-2-9-16-10-5-3-4-6-12-11-13(15)7-8-14(12)17/h7-8,11,16-17H,2-6,9-10H2,1H3. The van der Waals surface area contributed by atoms with Crippen molar-refractivity contribution in [3.05, 3.63) is 29.6 Å². The highest BCUT2D eigenvalue weighted by molar-refractivity contribution is 5.32. The summed E-state index contributed by atoms with van der Waals surface area (Å²) in [7, 11) is 0. The second kappa shape index (κ2) is 8.07. The predicted molar refractivity (Wildman–Crippen MR) is 68.8 cm³/mol. The van der Waals surface area contributed by atoms with Gasteiger partial charge < -0.3 is 10.4 Å². The molecule has 0 spiro atoms. The molecule has 1 aromatic rings. The highest BCUT2D eigenvalue weighted by atomic mass is 19.1. The van der Waals surface area contributed by atoms with Gasteiger partial charge in [-0.15, -0.1) is 0 Å². The van der Waals surface area contributed by atoms with Crippen LogP contribution in [0.3, 0.4) is 0 Å². The lowest BCUT2D eigenvalue weighted by atomic mass is 10.1. The fraction of sp³-hybridized carbons (Fsp3) is 0.571. The van der Waals surface area contributed by atoms with Gasteiger partial charge >= 0.3 is 0 Å². The minimum Gasteiger partial charge on any atom is -0.508 e. The Morgan fingerprint density at radius 2 is 2.00 bits per heavy atom. The fourth-order valence-electron chi connectivity index (χ4n) is 1.80. The largest absolute Gasteiger partial charge is 0.508 e. The molecule has 0 aromatic heterocycles. The molecule has 0 bridgehead atoms. The molecular weight excluding hydrogens is 217 g/mol. The summed E-state index contributed by atoms with van der Waals surface area (Å²) < 4.78 is 12.9. The molecule has 0 aliphatic heterocycles. The lowest BCUT2D eigenvalue weighted by molar-refractivity contribution is 0.463. The topological polar surface area (TPSA) is 32.3 Å². The van der Waals surface area contributed by atoms with Gasteiger partial charge in [-0.05, 0) is 62.5 Å². The maximum atomic E-state index is 12.9. The fourth-order valence-corrected chi connectivity index (χ4v) is 1.80. The van der Waals surface area contributed by atoms with E-state index in [4.69, 9.17) is 0 Å². The van der Waals surface area contributed by atoms with E-state index in [2.05, 4.69) is 12.2 Å². The van der Waals surface area contributed by atoms with E-state index in [0.29, 0.717) is 5.56 Å². The van der Waals surface area contributed by atoms with Crippen LogP contribution in [-0.4, -0.2) is 18.2 Å². The Balaban J connectivity index is 2.15. The number of hydrogen-bond donors (Lipinski definition) is 2. The van der Waals surface area contributed by atoms with Gasteiger partial charge in [-0.1, -0.05) is 13.3 Å². The van der Waals surface area contributed by atoms with Gasteiger partial charge in [-0.2, -0.15) is 0 Å². The number of phenolic OH excluding ortho intramolecular Hbond substituents is 1. The van der Waals surface area contributed by atoms with Gasteiger partial charge in [0, 0.05) is 0 Å². The minimum atomic E-state index is -0.276. The van der Waals surface area contributed by atoms with Crippen LogP contribution < -0.4 is 5.32 Å². The van der Waals surface area contributed by atoms with Crippen molar-refractivity contribution in [1.82, 2.24) is 5.32 Å². The van der Waals surface area contributed by atoms with Crippen molar-refractivity contribution >= 4 is 0 Å². The molecule has 1 aromatic carbocycles. The zero-order valence-corrected chi connectivity index (χ0v) is 10.5. The van der Waals surface area contributed by atoms with Gasteiger partial charge in [-0.3, -0.25) is 0 Å². The number of halogens is 1. The second-order valence-electron chi connectivity index (χ2n) is 4.33. The van der Waals surface area contributed by atoms with Gasteiger partial charge in [0.15, 0.2) is 0 Å². The van der Waals surface area contributed by atoms with Crippen LogP contribution in [0, 0.1) is 5.82 Å². The molecule has 1 rings (SSSR count). The van der Waals surface area contributed by atoms with Crippen LogP contribution in [0.5, 0.6) is 5.75 Å². The average Bonchev–Trinajstić information content (AvgIpc) is 2.32. The van der Waals surface area contributed by atoms with Crippen molar-refractivity contribution in [3.8, 4) is 5.75 Å². The van der Waals surface area contributed by atoms with Crippen molar-refractivity contribution in [2.75, 3.05) is 13.1 Å². The van der Waals surface area contributed by atoms with Gasteiger partial charge in [0.05, 0.1) is 0 Å². The van der Waals surface area contributed by atoms with E-state index in [1.54, 1.807) is 0 Å². The Labute approximate surface area is 103 Å². The quantitative estimate of drug-likeness (QED) is 0.683. The average molecular weight is 239 g/mol. The number of nitrogens with one attached hydrogen (secondary N) is 1. The summed E-state index contributed by atoms with van der Waals surface area (Å²) in [6.07, 6.45) is 5.14. The first-order chi connectivity index (χ1) is 8.24. The van der Waals surface area contributed by atoms with E-state index in [9.17, 15) is 9.50 Å². The molecule has 2 N–H and O–H groups in total. The summed E-state index contributed by atoms with van der Waals surface area (Å²) in [4.78, 5) is 0. The van der Waals surface area contributed by atoms with Crippen LogP contribution in [0.4, 0.5) is 4.39 Å². The number of phenols is 1. The third-order valence-electron chi connectivity index (χ3n) is 2.77. The molecular formula is C14H22FNO. The molecule has 0 amide bonds. The highest BCUT2D eigenvalue weighted by Gasteiger charge is 2.02. The second-order valence-corrected chi connectivity index (χ2v) is 4.33. The van der Waals surface area contributed by atoms with Crippen molar-refractivity contribution in [2.45, 2.75) is 39.0 Å². The number of hydrogen-bond acceptors (Lipinski definition) is 2. The van der Waals surface area contributed by atoms with Crippen LogP contribution in [0.15, 0.2) is 18.2 Å². The van der Waals surface area contributed by atoms with E-state index in [1.807, 2.05) is 0 Å². The van der Waals surface area contributed by atoms with Crippen LogP contribution >= 0.6 is 0 Å². The van der Waals surface area contributed by atoms with E-state index < -0.39 is 0 Å². The molecule has 17 heavy (non-hydrogen) atoms. The van der Waals surface area contributed by atoms with Crippen molar-refractivity contribution in [1.29, 1.82) is 0 Å². The summed E-state index contributed by atoms with van der Waals surface area (Å²) in [5, 5.41) is 12.9. The van der Waals surface area contributed by atoms with Crippen molar-refractivity contribution < 1.29 is 9.50 Å². The molecule has 96 valence electrons. The Bertz CT molecular complexity index is 328. The van der Waals surface area contributed by atoms with Gasteiger partial charge in [0.1, 0.15) is 11.6 Å². The molecule has 0 aliphatic rings. The number of unbranched alkanes of at least 4 members (excludes halogenated alkanes) is 2. The smallest absolute Gasteiger partial charge is 0.123 e. The molecule has 0 atom stereocenters. The van der Waals surface area contributed by atoms with Crippen LogP contribution in [0.1, 0.15) is 38.2 Å². The molecule has 0 heterocycles. The maximum absolute atomic E-state index is 12.9. The van der Waals surface area contributed by atoms with E-state index in [1.165, 1.54) is 18.2 Å². The Morgan fingerprint density at radius 1 is 1.18 bits per heavy atom. The van der Waals surface area contributed by atoms with Crippen molar-refractivity contribution in [3.63, 3.8) is 0 Å². The summed E-state index contributed by atoms with van der Waals surface area (Å²) in [6, 6.07) is 4.13. The molecule has 0 fully saturated rings. The zero-order valence-electron chi connectivity index (χ0n) is 10.5.